The SMILES string of the molecule is C[C@@H](O)Cc1ccc(NC(=O)OC(C)(C)C)c(O)c1. The van der Waals surface area contributed by atoms with Crippen LogP contribution in [0.15, 0.2) is 18.2 Å². The van der Waals surface area contributed by atoms with Crippen LogP contribution >= 0.6 is 0 Å². The van der Waals surface area contributed by atoms with Gasteiger partial charge in [0.2, 0.25) is 0 Å². The lowest BCUT2D eigenvalue weighted by Gasteiger charge is -2.20. The van der Waals surface area contributed by atoms with Crippen LogP contribution in [-0.2, 0) is 11.2 Å². The maximum absolute atomic E-state index is 11.6. The summed E-state index contributed by atoms with van der Waals surface area (Å²) in [5.41, 5.74) is 0.484. The van der Waals surface area contributed by atoms with Crippen LogP contribution in [0.4, 0.5) is 10.5 Å². The van der Waals surface area contributed by atoms with Gasteiger partial charge in [0.1, 0.15) is 11.4 Å². The van der Waals surface area contributed by atoms with Gasteiger partial charge >= 0.3 is 6.09 Å². The Balaban J connectivity index is 2.72. The molecule has 0 aliphatic carbocycles. The van der Waals surface area contributed by atoms with Crippen LogP contribution in [0.1, 0.15) is 33.3 Å². The van der Waals surface area contributed by atoms with Gasteiger partial charge in [-0.3, -0.25) is 5.32 Å². The van der Waals surface area contributed by atoms with Crippen LogP contribution < -0.4 is 5.32 Å². The normalized spacial score (nSPS) is 12.9. The predicted octanol–water partition coefficient (Wildman–Crippen LogP) is 2.66. The van der Waals surface area contributed by atoms with Crippen molar-refractivity contribution >= 4 is 11.8 Å². The molecule has 106 valence electrons. The molecule has 0 fully saturated rings. The number of benzene rings is 1. The van der Waals surface area contributed by atoms with Gasteiger partial charge < -0.3 is 14.9 Å². The summed E-state index contributed by atoms with van der Waals surface area (Å²) in [7, 11) is 0. The molecule has 1 aromatic carbocycles. The zero-order valence-corrected chi connectivity index (χ0v) is 11.7. The number of rotatable bonds is 3. The summed E-state index contributed by atoms with van der Waals surface area (Å²) in [5, 5.41) is 21.5. The molecule has 0 unspecified atom stereocenters. The van der Waals surface area contributed by atoms with Gasteiger partial charge in [-0.15, -0.1) is 0 Å². The lowest BCUT2D eigenvalue weighted by atomic mass is 10.1. The highest BCUT2D eigenvalue weighted by Crippen LogP contribution is 2.25. The highest BCUT2D eigenvalue weighted by atomic mass is 16.6. The summed E-state index contributed by atoms with van der Waals surface area (Å²) in [6, 6.07) is 4.83. The van der Waals surface area contributed by atoms with E-state index in [9.17, 15) is 15.0 Å². The van der Waals surface area contributed by atoms with Crippen molar-refractivity contribution < 1.29 is 19.7 Å². The van der Waals surface area contributed by atoms with E-state index in [0.29, 0.717) is 6.42 Å². The Kier molecular flexibility index (Phi) is 4.78. The highest BCUT2D eigenvalue weighted by molar-refractivity contribution is 5.86. The molecule has 1 aromatic rings. The molecule has 5 nitrogen and oxygen atoms in total. The fourth-order valence-electron chi connectivity index (χ4n) is 1.56. The molecular formula is C14H21NO4. The molecule has 0 aliphatic heterocycles. The third-order valence-electron chi connectivity index (χ3n) is 2.23. The summed E-state index contributed by atoms with van der Waals surface area (Å²) < 4.78 is 5.09. The molecule has 0 bridgehead atoms. The van der Waals surface area contributed by atoms with Gasteiger partial charge in [0.25, 0.3) is 0 Å². The summed E-state index contributed by atoms with van der Waals surface area (Å²) >= 11 is 0. The molecule has 0 saturated heterocycles. The van der Waals surface area contributed by atoms with E-state index >= 15 is 0 Å². The third-order valence-corrected chi connectivity index (χ3v) is 2.23. The van der Waals surface area contributed by atoms with E-state index in [1.165, 1.54) is 6.07 Å². The van der Waals surface area contributed by atoms with Crippen molar-refractivity contribution in [1.82, 2.24) is 0 Å². The van der Waals surface area contributed by atoms with Crippen LogP contribution in [0.25, 0.3) is 0 Å². The summed E-state index contributed by atoms with van der Waals surface area (Å²) in [6.45, 7) is 6.96. The number of hydrogen-bond acceptors (Lipinski definition) is 4. The molecule has 1 atom stereocenters. The fraction of sp³-hybridized carbons (Fsp3) is 0.500. The maximum atomic E-state index is 11.6. The van der Waals surface area contributed by atoms with E-state index in [0.717, 1.165) is 5.56 Å². The van der Waals surface area contributed by atoms with E-state index in [1.54, 1.807) is 39.8 Å². The third kappa shape index (κ3) is 5.61. The number of amides is 1. The van der Waals surface area contributed by atoms with Crippen molar-refractivity contribution in [3.05, 3.63) is 23.8 Å². The Morgan fingerprint density at radius 2 is 2.05 bits per heavy atom. The van der Waals surface area contributed by atoms with E-state index in [4.69, 9.17) is 4.74 Å². The summed E-state index contributed by atoms with van der Waals surface area (Å²) in [5.74, 6) is -0.0518. The fourth-order valence-corrected chi connectivity index (χ4v) is 1.56. The average molecular weight is 267 g/mol. The number of aliphatic hydroxyl groups excluding tert-OH is 1. The quantitative estimate of drug-likeness (QED) is 0.736. The second-order valence-corrected chi connectivity index (χ2v) is 5.53. The van der Waals surface area contributed by atoms with Gasteiger partial charge in [-0.05, 0) is 51.8 Å². The molecule has 0 saturated carbocycles. The van der Waals surface area contributed by atoms with Crippen molar-refractivity contribution in [3.8, 4) is 5.75 Å². The van der Waals surface area contributed by atoms with E-state index in [2.05, 4.69) is 5.32 Å². The minimum Gasteiger partial charge on any atom is -0.506 e. The number of hydrogen-bond donors (Lipinski definition) is 3. The predicted molar refractivity (Wildman–Crippen MR) is 73.3 cm³/mol. The number of aliphatic hydroxyl groups is 1. The van der Waals surface area contributed by atoms with Crippen LogP contribution in [0.2, 0.25) is 0 Å². The molecule has 0 aromatic heterocycles. The van der Waals surface area contributed by atoms with Gasteiger partial charge in [0.15, 0.2) is 0 Å². The number of anilines is 1. The van der Waals surface area contributed by atoms with Gasteiger partial charge in [0.05, 0.1) is 11.8 Å². The zero-order valence-electron chi connectivity index (χ0n) is 11.7. The minimum absolute atomic E-state index is 0.0518. The highest BCUT2D eigenvalue weighted by Gasteiger charge is 2.17. The van der Waals surface area contributed by atoms with Crippen molar-refractivity contribution in [2.24, 2.45) is 0 Å². The molecule has 0 aliphatic rings. The van der Waals surface area contributed by atoms with Crippen LogP contribution in [-0.4, -0.2) is 28.0 Å². The van der Waals surface area contributed by atoms with Gasteiger partial charge in [-0.1, -0.05) is 6.07 Å². The van der Waals surface area contributed by atoms with Crippen LogP contribution in [0, 0.1) is 0 Å². The van der Waals surface area contributed by atoms with Crippen molar-refractivity contribution in [2.75, 3.05) is 5.32 Å². The van der Waals surface area contributed by atoms with Gasteiger partial charge in [0, 0.05) is 0 Å². The van der Waals surface area contributed by atoms with Crippen molar-refractivity contribution in [2.45, 2.75) is 45.8 Å². The lowest BCUT2D eigenvalue weighted by molar-refractivity contribution is 0.0635. The standard InChI is InChI=1S/C14H21NO4/c1-9(16)7-10-5-6-11(12(17)8-10)15-13(18)19-14(2,3)4/h5-6,8-9,16-17H,7H2,1-4H3,(H,15,18)/t9-/m1/s1. The van der Waals surface area contributed by atoms with Crippen LogP contribution in [0.3, 0.4) is 0 Å². The first-order valence-electron chi connectivity index (χ1n) is 6.17. The molecule has 0 spiro atoms. The van der Waals surface area contributed by atoms with E-state index < -0.39 is 17.8 Å². The minimum atomic E-state index is -0.619. The summed E-state index contributed by atoms with van der Waals surface area (Å²) in [6.07, 6.45) is -0.657. The Labute approximate surface area is 113 Å². The monoisotopic (exact) mass is 267 g/mol. The molecular weight excluding hydrogens is 246 g/mol. The number of phenolic OH excluding ortho intramolecular Hbond substituents is 1. The number of carbonyl (C=O) groups excluding carboxylic acids is 1. The Hall–Kier alpha value is -1.75. The summed E-state index contributed by atoms with van der Waals surface area (Å²) in [4.78, 5) is 11.6. The van der Waals surface area contributed by atoms with Gasteiger partial charge in [-0.25, -0.2) is 4.79 Å². The molecule has 0 heterocycles. The van der Waals surface area contributed by atoms with Crippen molar-refractivity contribution in [3.63, 3.8) is 0 Å². The number of phenols is 1. The first-order chi connectivity index (χ1) is 8.67. The first-order valence-corrected chi connectivity index (χ1v) is 6.17. The number of ether oxygens (including phenoxy) is 1. The first kappa shape index (κ1) is 15.3. The Morgan fingerprint density at radius 1 is 1.42 bits per heavy atom. The topological polar surface area (TPSA) is 78.8 Å². The molecule has 1 amide bonds. The Morgan fingerprint density at radius 3 is 2.53 bits per heavy atom. The average Bonchev–Trinajstić information content (AvgIpc) is 2.18. The number of aromatic hydroxyl groups is 1. The van der Waals surface area contributed by atoms with Crippen LogP contribution in [0.5, 0.6) is 5.75 Å². The molecule has 19 heavy (non-hydrogen) atoms. The smallest absolute Gasteiger partial charge is 0.412 e. The maximum Gasteiger partial charge on any atom is 0.412 e. The van der Waals surface area contributed by atoms with Gasteiger partial charge in [-0.2, -0.15) is 0 Å². The van der Waals surface area contributed by atoms with Crippen molar-refractivity contribution in [1.29, 1.82) is 0 Å². The molecule has 3 N–H and O–H groups in total. The molecule has 0 radical (unpaired) electrons. The second kappa shape index (κ2) is 5.93. The lowest BCUT2D eigenvalue weighted by Crippen LogP contribution is -2.27. The second-order valence-electron chi connectivity index (χ2n) is 5.53. The molecule has 1 rings (SSSR count). The number of carbonyl (C=O) groups is 1. The largest absolute Gasteiger partial charge is 0.506 e. The van der Waals surface area contributed by atoms with E-state index in [-0.39, 0.29) is 11.4 Å². The zero-order chi connectivity index (χ0) is 14.6. The Bertz CT molecular complexity index is 449. The molecule has 5 heteroatoms. The van der Waals surface area contributed by atoms with E-state index in [1.807, 2.05) is 0 Å². The number of nitrogens with one attached hydrogen (secondary N) is 1.